The van der Waals surface area contributed by atoms with Crippen LogP contribution in [0.2, 0.25) is 0 Å². The summed E-state index contributed by atoms with van der Waals surface area (Å²) < 4.78 is 5.56. The first-order chi connectivity index (χ1) is 16.7. The molecule has 0 bridgehead atoms. The highest BCUT2D eigenvalue weighted by Crippen LogP contribution is 2.44. The van der Waals surface area contributed by atoms with E-state index in [4.69, 9.17) is 9.84 Å². The van der Waals surface area contributed by atoms with E-state index < -0.39 is 24.1 Å². The molecule has 2 aliphatic carbocycles. The van der Waals surface area contributed by atoms with E-state index in [1.165, 1.54) is 29.2 Å². The Morgan fingerprint density at radius 2 is 1.57 bits per heavy atom. The topological polar surface area (TPSA) is 125 Å². The minimum Gasteiger partial charge on any atom is -0.481 e. The van der Waals surface area contributed by atoms with Crippen molar-refractivity contribution in [2.45, 2.75) is 44.1 Å². The van der Waals surface area contributed by atoms with Crippen LogP contribution in [-0.2, 0) is 14.3 Å². The van der Waals surface area contributed by atoms with Crippen molar-refractivity contribution in [1.29, 1.82) is 0 Å². The predicted molar refractivity (Wildman–Crippen MR) is 130 cm³/mol. The molecule has 4 N–H and O–H groups in total. The molecule has 0 saturated heterocycles. The average molecular weight is 481 g/mol. The molecule has 1 unspecified atom stereocenters. The zero-order chi connectivity index (χ0) is 25.0. The Morgan fingerprint density at radius 3 is 2.17 bits per heavy atom. The summed E-state index contributed by atoms with van der Waals surface area (Å²) in [7, 11) is 0. The van der Waals surface area contributed by atoms with Crippen molar-refractivity contribution in [2.24, 2.45) is 11.8 Å². The molecule has 8 nitrogen and oxygen atoms in total. The Morgan fingerprint density at radius 1 is 0.971 bits per heavy atom. The lowest BCUT2D eigenvalue weighted by Gasteiger charge is -2.35. The minimum absolute atomic E-state index is 0.0241. The lowest BCUT2D eigenvalue weighted by atomic mass is 9.73. The maximum atomic E-state index is 12.3. The largest absolute Gasteiger partial charge is 0.481 e. The Kier molecular flexibility index (Phi) is 7.40. The third-order valence-electron chi connectivity index (χ3n) is 6.88. The third-order valence-corrected chi connectivity index (χ3v) is 6.88. The van der Waals surface area contributed by atoms with Gasteiger partial charge in [0.2, 0.25) is 5.91 Å². The van der Waals surface area contributed by atoms with Crippen LogP contribution in [0.15, 0.2) is 48.5 Å². The van der Waals surface area contributed by atoms with Crippen molar-refractivity contribution in [3.8, 4) is 11.1 Å². The van der Waals surface area contributed by atoms with Crippen LogP contribution < -0.4 is 10.6 Å². The van der Waals surface area contributed by atoms with E-state index in [1.807, 2.05) is 24.3 Å². The molecule has 1 atom stereocenters. The lowest BCUT2D eigenvalue weighted by molar-refractivity contribution is -0.142. The van der Waals surface area contributed by atoms with Crippen LogP contribution in [0.4, 0.5) is 4.79 Å². The SMILES string of the molecule is CC(O)(CNC(=O)CC1CC(CNC(=O)OCC2c3ccccc3-c3ccccc32)C1)CC(=O)O. The van der Waals surface area contributed by atoms with Crippen molar-refractivity contribution >= 4 is 18.0 Å². The molecule has 0 spiro atoms. The van der Waals surface area contributed by atoms with Gasteiger partial charge in [0.15, 0.2) is 0 Å². The number of rotatable bonds is 10. The Bertz CT molecular complexity index is 1050. The Balaban J connectivity index is 1.15. The van der Waals surface area contributed by atoms with Gasteiger partial charge in [-0.2, -0.15) is 0 Å². The highest BCUT2D eigenvalue weighted by molar-refractivity contribution is 5.79. The molecular weight excluding hydrogens is 448 g/mol. The van der Waals surface area contributed by atoms with E-state index in [1.54, 1.807) is 0 Å². The van der Waals surface area contributed by atoms with Gasteiger partial charge in [-0.25, -0.2) is 4.79 Å². The van der Waals surface area contributed by atoms with Crippen LogP contribution in [0.25, 0.3) is 11.1 Å². The Labute approximate surface area is 204 Å². The van der Waals surface area contributed by atoms with Crippen LogP contribution in [0.3, 0.4) is 0 Å². The number of alkyl carbamates (subject to hydrolysis) is 1. The maximum Gasteiger partial charge on any atom is 0.407 e. The summed E-state index contributed by atoms with van der Waals surface area (Å²) >= 11 is 0. The van der Waals surface area contributed by atoms with Gasteiger partial charge in [-0.1, -0.05) is 48.5 Å². The summed E-state index contributed by atoms with van der Waals surface area (Å²) in [4.78, 5) is 35.1. The molecule has 8 heteroatoms. The van der Waals surface area contributed by atoms with E-state index >= 15 is 0 Å². The van der Waals surface area contributed by atoms with Crippen molar-refractivity contribution in [1.82, 2.24) is 10.6 Å². The number of carbonyl (C=O) groups is 3. The number of benzene rings is 2. The summed E-state index contributed by atoms with van der Waals surface area (Å²) in [5.74, 6) is -0.785. The molecular formula is C27H32N2O6. The number of carbonyl (C=O) groups excluding carboxylic acids is 2. The summed E-state index contributed by atoms with van der Waals surface area (Å²) in [5.41, 5.74) is 3.24. The van der Waals surface area contributed by atoms with Gasteiger partial charge in [-0.05, 0) is 53.9 Å². The van der Waals surface area contributed by atoms with E-state index in [0.29, 0.717) is 18.9 Å². The fourth-order valence-corrected chi connectivity index (χ4v) is 5.10. The average Bonchev–Trinajstić information content (AvgIpc) is 3.11. The second kappa shape index (κ2) is 10.5. The van der Waals surface area contributed by atoms with Gasteiger partial charge in [0.1, 0.15) is 6.61 Å². The second-order valence-electron chi connectivity index (χ2n) is 9.96. The number of amides is 2. The summed E-state index contributed by atoms with van der Waals surface area (Å²) in [6.45, 7) is 2.06. The van der Waals surface area contributed by atoms with Gasteiger partial charge in [-0.15, -0.1) is 0 Å². The first-order valence-corrected chi connectivity index (χ1v) is 12.0. The van der Waals surface area contributed by atoms with E-state index in [9.17, 15) is 19.5 Å². The van der Waals surface area contributed by atoms with Gasteiger partial charge in [0, 0.05) is 25.4 Å². The standard InChI is InChI=1S/C27H32N2O6/c1-27(34,13-25(31)32)16-29-24(30)12-17-10-18(11-17)14-28-26(33)35-15-23-21-8-4-2-6-19(21)20-7-3-5-9-22(20)23/h2-9,17-18,23,34H,10-16H2,1H3,(H,28,33)(H,29,30)(H,31,32). The molecule has 2 aliphatic rings. The van der Waals surface area contributed by atoms with E-state index in [2.05, 4.69) is 34.9 Å². The van der Waals surface area contributed by atoms with Gasteiger partial charge in [0.05, 0.1) is 12.0 Å². The molecule has 0 heterocycles. The first-order valence-electron chi connectivity index (χ1n) is 12.0. The van der Waals surface area contributed by atoms with Gasteiger partial charge < -0.3 is 25.6 Å². The predicted octanol–water partition coefficient (Wildman–Crippen LogP) is 3.28. The first kappa shape index (κ1) is 24.7. The lowest BCUT2D eigenvalue weighted by Crippen LogP contribution is -2.43. The van der Waals surface area contributed by atoms with Crippen molar-refractivity contribution in [3.63, 3.8) is 0 Å². The fraction of sp³-hybridized carbons (Fsp3) is 0.444. The molecule has 1 fully saturated rings. The molecule has 2 amide bonds. The van der Waals surface area contributed by atoms with Gasteiger partial charge in [-0.3, -0.25) is 9.59 Å². The maximum absolute atomic E-state index is 12.3. The number of aliphatic hydroxyl groups is 1. The van der Waals surface area contributed by atoms with Gasteiger partial charge >= 0.3 is 12.1 Å². The normalized spacial score (nSPS) is 20.1. The van der Waals surface area contributed by atoms with E-state index in [-0.39, 0.29) is 30.9 Å². The number of hydrogen-bond acceptors (Lipinski definition) is 5. The highest BCUT2D eigenvalue weighted by Gasteiger charge is 2.33. The number of hydrogen-bond donors (Lipinski definition) is 4. The number of nitrogens with one attached hydrogen (secondary N) is 2. The molecule has 35 heavy (non-hydrogen) atoms. The van der Waals surface area contributed by atoms with E-state index in [0.717, 1.165) is 12.8 Å². The van der Waals surface area contributed by atoms with Crippen molar-refractivity contribution in [3.05, 3.63) is 59.7 Å². The minimum atomic E-state index is -1.48. The third kappa shape index (κ3) is 6.19. The van der Waals surface area contributed by atoms with Crippen molar-refractivity contribution in [2.75, 3.05) is 19.7 Å². The zero-order valence-corrected chi connectivity index (χ0v) is 19.8. The Hall–Kier alpha value is -3.39. The molecule has 4 rings (SSSR count). The molecule has 2 aromatic rings. The number of fused-ring (bicyclic) bond motifs is 3. The molecule has 0 aromatic heterocycles. The van der Waals surface area contributed by atoms with Crippen molar-refractivity contribution < 1.29 is 29.3 Å². The summed E-state index contributed by atoms with van der Waals surface area (Å²) in [6, 6.07) is 16.4. The molecule has 0 aliphatic heterocycles. The smallest absolute Gasteiger partial charge is 0.407 e. The van der Waals surface area contributed by atoms with Crippen LogP contribution in [0, 0.1) is 11.8 Å². The quantitative estimate of drug-likeness (QED) is 0.414. The second-order valence-corrected chi connectivity index (χ2v) is 9.96. The zero-order valence-electron chi connectivity index (χ0n) is 19.8. The van der Waals surface area contributed by atoms with Crippen LogP contribution in [-0.4, -0.2) is 53.5 Å². The molecule has 0 radical (unpaired) electrons. The summed E-state index contributed by atoms with van der Waals surface area (Å²) in [5, 5.41) is 24.2. The highest BCUT2D eigenvalue weighted by atomic mass is 16.5. The molecule has 2 aromatic carbocycles. The van der Waals surface area contributed by atoms with Gasteiger partial charge in [0.25, 0.3) is 0 Å². The number of ether oxygens (including phenoxy) is 1. The monoisotopic (exact) mass is 480 g/mol. The number of carboxylic acid groups (broad SMARTS) is 1. The van der Waals surface area contributed by atoms with Crippen LogP contribution >= 0.6 is 0 Å². The number of aliphatic carboxylic acids is 1. The fourth-order valence-electron chi connectivity index (χ4n) is 5.10. The summed E-state index contributed by atoms with van der Waals surface area (Å²) in [6.07, 6.45) is 1.10. The number of carboxylic acids is 1. The molecule has 1 saturated carbocycles. The molecule has 186 valence electrons. The van der Waals surface area contributed by atoms with Crippen LogP contribution in [0.1, 0.15) is 49.7 Å². The van der Waals surface area contributed by atoms with Crippen LogP contribution in [0.5, 0.6) is 0 Å².